The lowest BCUT2D eigenvalue weighted by atomic mass is 9.74. The first kappa shape index (κ1) is 13.5. The standard InChI is InChI=1S/C14H16O5/c1-18-13(16)10-7-8-5-3-4-6-9(8)12(15)11(10)14(17)19-2/h3-6,10-12,15H,7H2,1-2H3/t10-,11+,12-/m1/s1. The van der Waals surface area contributed by atoms with Crippen molar-refractivity contribution in [2.45, 2.75) is 12.5 Å². The van der Waals surface area contributed by atoms with E-state index in [4.69, 9.17) is 9.47 Å². The lowest BCUT2D eigenvalue weighted by Crippen LogP contribution is -2.40. The number of fused-ring (bicyclic) bond motifs is 1. The molecule has 5 heteroatoms. The van der Waals surface area contributed by atoms with Crippen molar-refractivity contribution in [2.24, 2.45) is 11.8 Å². The summed E-state index contributed by atoms with van der Waals surface area (Å²) in [7, 11) is 2.51. The Hall–Kier alpha value is -1.88. The Kier molecular flexibility index (Phi) is 3.85. The number of carbonyl (C=O) groups is 2. The molecule has 0 heterocycles. The largest absolute Gasteiger partial charge is 0.469 e. The van der Waals surface area contributed by atoms with Crippen LogP contribution in [0, 0.1) is 11.8 Å². The van der Waals surface area contributed by atoms with Crippen molar-refractivity contribution in [3.8, 4) is 0 Å². The summed E-state index contributed by atoms with van der Waals surface area (Å²) in [4.78, 5) is 23.6. The van der Waals surface area contributed by atoms with Gasteiger partial charge < -0.3 is 14.6 Å². The number of benzene rings is 1. The summed E-state index contributed by atoms with van der Waals surface area (Å²) >= 11 is 0. The molecule has 0 amide bonds. The summed E-state index contributed by atoms with van der Waals surface area (Å²) in [6, 6.07) is 7.21. The van der Waals surface area contributed by atoms with Crippen LogP contribution in [0.3, 0.4) is 0 Å². The summed E-state index contributed by atoms with van der Waals surface area (Å²) < 4.78 is 9.41. The van der Waals surface area contributed by atoms with Crippen LogP contribution in [0.1, 0.15) is 17.2 Å². The van der Waals surface area contributed by atoms with Gasteiger partial charge in [0.05, 0.1) is 26.2 Å². The van der Waals surface area contributed by atoms with E-state index in [1.165, 1.54) is 14.2 Å². The van der Waals surface area contributed by atoms with Crippen LogP contribution in [0.2, 0.25) is 0 Å². The molecule has 0 unspecified atom stereocenters. The molecule has 102 valence electrons. The molecule has 1 aliphatic rings. The van der Waals surface area contributed by atoms with Crippen LogP contribution < -0.4 is 0 Å². The number of methoxy groups -OCH3 is 2. The molecule has 0 saturated heterocycles. The Morgan fingerprint density at radius 2 is 1.79 bits per heavy atom. The molecule has 1 N–H and O–H groups in total. The highest BCUT2D eigenvalue weighted by Gasteiger charge is 2.45. The maximum absolute atomic E-state index is 11.8. The first-order valence-corrected chi connectivity index (χ1v) is 6.01. The van der Waals surface area contributed by atoms with Crippen molar-refractivity contribution in [1.82, 2.24) is 0 Å². The van der Waals surface area contributed by atoms with E-state index in [2.05, 4.69) is 0 Å². The van der Waals surface area contributed by atoms with Crippen molar-refractivity contribution < 1.29 is 24.2 Å². The molecule has 0 radical (unpaired) electrons. The van der Waals surface area contributed by atoms with Gasteiger partial charge in [-0.25, -0.2) is 0 Å². The lowest BCUT2D eigenvalue weighted by molar-refractivity contribution is -0.163. The van der Waals surface area contributed by atoms with E-state index in [0.29, 0.717) is 12.0 Å². The van der Waals surface area contributed by atoms with E-state index in [0.717, 1.165) is 5.56 Å². The Morgan fingerprint density at radius 1 is 1.16 bits per heavy atom. The predicted octanol–water partition coefficient (Wildman–Crippen LogP) is 0.854. The number of aliphatic hydroxyl groups is 1. The maximum Gasteiger partial charge on any atom is 0.312 e. The van der Waals surface area contributed by atoms with Gasteiger partial charge >= 0.3 is 11.9 Å². The molecule has 3 atom stereocenters. The molecule has 0 aliphatic heterocycles. The van der Waals surface area contributed by atoms with Gasteiger partial charge in [0, 0.05) is 0 Å². The van der Waals surface area contributed by atoms with Crippen LogP contribution in [0.15, 0.2) is 24.3 Å². The maximum atomic E-state index is 11.8. The minimum Gasteiger partial charge on any atom is -0.469 e. The molecular weight excluding hydrogens is 248 g/mol. The number of carbonyl (C=O) groups excluding carboxylic acids is 2. The van der Waals surface area contributed by atoms with Gasteiger partial charge in [0.1, 0.15) is 5.92 Å². The molecule has 1 aliphatic carbocycles. The van der Waals surface area contributed by atoms with E-state index in [-0.39, 0.29) is 0 Å². The molecule has 0 saturated carbocycles. The Morgan fingerprint density at radius 3 is 2.42 bits per heavy atom. The minimum absolute atomic E-state index is 0.361. The van der Waals surface area contributed by atoms with Gasteiger partial charge in [-0.1, -0.05) is 24.3 Å². The average Bonchev–Trinajstić information content (AvgIpc) is 2.45. The van der Waals surface area contributed by atoms with Gasteiger partial charge in [-0.2, -0.15) is 0 Å². The van der Waals surface area contributed by atoms with Crippen LogP contribution in [0.5, 0.6) is 0 Å². The quantitative estimate of drug-likeness (QED) is 0.802. The average molecular weight is 264 g/mol. The van der Waals surface area contributed by atoms with Gasteiger partial charge in [-0.15, -0.1) is 0 Å². The SMILES string of the molecule is COC(=O)[C@@H]1[C@H](O)c2ccccc2C[C@H]1C(=O)OC. The molecule has 0 aromatic heterocycles. The normalized spacial score (nSPS) is 25.3. The van der Waals surface area contributed by atoms with Crippen molar-refractivity contribution in [1.29, 1.82) is 0 Å². The topological polar surface area (TPSA) is 72.8 Å². The van der Waals surface area contributed by atoms with E-state index < -0.39 is 29.9 Å². The van der Waals surface area contributed by atoms with Gasteiger partial charge in [0.25, 0.3) is 0 Å². The second-order valence-corrected chi connectivity index (χ2v) is 4.53. The molecule has 0 bridgehead atoms. The van der Waals surface area contributed by atoms with Gasteiger partial charge in [-0.05, 0) is 17.5 Å². The third kappa shape index (κ3) is 2.33. The van der Waals surface area contributed by atoms with Gasteiger partial charge in [0.2, 0.25) is 0 Å². The smallest absolute Gasteiger partial charge is 0.312 e. The summed E-state index contributed by atoms with van der Waals surface area (Å²) in [6.07, 6.45) is -0.693. The van der Waals surface area contributed by atoms with Crippen LogP contribution in [-0.2, 0) is 25.5 Å². The zero-order valence-corrected chi connectivity index (χ0v) is 10.8. The molecule has 2 rings (SSSR count). The fourth-order valence-corrected chi connectivity index (χ4v) is 2.60. The monoisotopic (exact) mass is 264 g/mol. The molecule has 0 fully saturated rings. The Labute approximate surface area is 111 Å². The molecule has 5 nitrogen and oxygen atoms in total. The van der Waals surface area contributed by atoms with Crippen molar-refractivity contribution >= 4 is 11.9 Å². The van der Waals surface area contributed by atoms with Crippen molar-refractivity contribution in [3.05, 3.63) is 35.4 Å². The third-order valence-electron chi connectivity index (χ3n) is 3.56. The number of hydrogen-bond donors (Lipinski definition) is 1. The molecule has 0 spiro atoms. The zero-order valence-electron chi connectivity index (χ0n) is 10.8. The molecule has 19 heavy (non-hydrogen) atoms. The second-order valence-electron chi connectivity index (χ2n) is 4.53. The van der Waals surface area contributed by atoms with E-state index in [1.807, 2.05) is 12.1 Å². The fraction of sp³-hybridized carbons (Fsp3) is 0.429. The minimum atomic E-state index is -1.05. The van der Waals surface area contributed by atoms with E-state index >= 15 is 0 Å². The number of hydrogen-bond acceptors (Lipinski definition) is 5. The summed E-state index contributed by atoms with van der Waals surface area (Å²) in [5, 5.41) is 10.3. The Bertz CT molecular complexity index is 496. The highest BCUT2D eigenvalue weighted by molar-refractivity contribution is 5.83. The third-order valence-corrected chi connectivity index (χ3v) is 3.56. The number of aliphatic hydroxyl groups excluding tert-OH is 1. The van der Waals surface area contributed by atoms with Crippen LogP contribution >= 0.6 is 0 Å². The van der Waals surface area contributed by atoms with Gasteiger partial charge in [0.15, 0.2) is 0 Å². The van der Waals surface area contributed by atoms with Crippen LogP contribution in [-0.4, -0.2) is 31.3 Å². The van der Waals surface area contributed by atoms with Crippen LogP contribution in [0.25, 0.3) is 0 Å². The predicted molar refractivity (Wildman–Crippen MR) is 66.1 cm³/mol. The van der Waals surface area contributed by atoms with Crippen LogP contribution in [0.4, 0.5) is 0 Å². The van der Waals surface area contributed by atoms with Gasteiger partial charge in [-0.3, -0.25) is 9.59 Å². The number of esters is 2. The highest BCUT2D eigenvalue weighted by Crippen LogP contribution is 2.39. The summed E-state index contributed by atoms with van der Waals surface area (Å²) in [5.41, 5.74) is 1.52. The number of ether oxygens (including phenoxy) is 2. The van der Waals surface area contributed by atoms with E-state index in [9.17, 15) is 14.7 Å². The summed E-state index contributed by atoms with van der Waals surface area (Å²) in [5.74, 6) is -2.75. The molecule has 1 aromatic rings. The van der Waals surface area contributed by atoms with E-state index in [1.54, 1.807) is 12.1 Å². The first-order chi connectivity index (χ1) is 9.10. The van der Waals surface area contributed by atoms with Crippen molar-refractivity contribution in [3.63, 3.8) is 0 Å². The lowest BCUT2D eigenvalue weighted by Gasteiger charge is -2.33. The first-order valence-electron chi connectivity index (χ1n) is 6.01. The van der Waals surface area contributed by atoms with Crippen molar-refractivity contribution in [2.75, 3.05) is 14.2 Å². The number of rotatable bonds is 2. The Balaban J connectivity index is 2.44. The second kappa shape index (κ2) is 5.40. The highest BCUT2D eigenvalue weighted by atomic mass is 16.5. The summed E-state index contributed by atoms with van der Waals surface area (Å²) in [6.45, 7) is 0. The molecule has 1 aromatic carbocycles. The molecular formula is C14H16O5. The zero-order chi connectivity index (χ0) is 14.0. The fourth-order valence-electron chi connectivity index (χ4n) is 2.60.